The van der Waals surface area contributed by atoms with Gasteiger partial charge < -0.3 is 19.5 Å². The number of aliphatic imine (C=N–C) groups is 1. The topological polar surface area (TPSA) is 92.9 Å². The van der Waals surface area contributed by atoms with Gasteiger partial charge in [0.05, 0.1) is 13.2 Å². The highest BCUT2D eigenvalue weighted by Crippen LogP contribution is 2.11. The van der Waals surface area contributed by atoms with Crippen molar-refractivity contribution in [3.8, 4) is 11.8 Å². The van der Waals surface area contributed by atoms with Gasteiger partial charge in [-0.3, -0.25) is 0 Å². The molecule has 0 radical (unpaired) electrons. The molecule has 1 aliphatic rings. The molecule has 7 heteroatoms. The normalized spacial score (nSPS) is 16.8. The molecule has 0 aromatic heterocycles. The van der Waals surface area contributed by atoms with E-state index in [9.17, 15) is 4.79 Å². The Morgan fingerprint density at radius 3 is 3.00 bits per heavy atom. The number of benzene rings is 1. The van der Waals surface area contributed by atoms with Crippen molar-refractivity contribution < 1.29 is 19.0 Å². The number of rotatable bonds is 6. The van der Waals surface area contributed by atoms with Gasteiger partial charge in [-0.1, -0.05) is 18.2 Å². The Balaban J connectivity index is 1.78. The Labute approximate surface area is 134 Å². The maximum absolute atomic E-state index is 11.4. The van der Waals surface area contributed by atoms with Crippen LogP contribution in [0.4, 0.5) is 0 Å². The molecule has 2 rings (SSSR count). The molecular formula is C16H17N3O4. The van der Waals surface area contributed by atoms with E-state index in [2.05, 4.69) is 10.3 Å². The van der Waals surface area contributed by atoms with E-state index >= 15 is 0 Å². The number of hydrogen-bond acceptors (Lipinski definition) is 7. The number of nitrogens with one attached hydrogen (secondary N) is 1. The highest BCUT2D eigenvalue weighted by molar-refractivity contribution is 5.93. The highest BCUT2D eigenvalue weighted by atomic mass is 16.6. The van der Waals surface area contributed by atoms with Crippen molar-refractivity contribution in [2.75, 3.05) is 19.8 Å². The van der Waals surface area contributed by atoms with Crippen LogP contribution in [0.1, 0.15) is 6.92 Å². The van der Waals surface area contributed by atoms with Gasteiger partial charge in [-0.15, -0.1) is 0 Å². The van der Waals surface area contributed by atoms with Crippen LogP contribution in [0.5, 0.6) is 5.75 Å². The van der Waals surface area contributed by atoms with Crippen molar-refractivity contribution in [2.24, 2.45) is 4.99 Å². The van der Waals surface area contributed by atoms with Gasteiger partial charge in [0, 0.05) is 6.20 Å². The van der Waals surface area contributed by atoms with Gasteiger partial charge in [0.15, 0.2) is 11.7 Å². The van der Waals surface area contributed by atoms with Crippen molar-refractivity contribution in [3.63, 3.8) is 0 Å². The average Bonchev–Trinajstić information content (AvgIpc) is 3.03. The van der Waals surface area contributed by atoms with Crippen LogP contribution in [0.15, 0.2) is 47.1 Å². The lowest BCUT2D eigenvalue weighted by Crippen LogP contribution is -2.26. The first kappa shape index (κ1) is 16.4. The monoisotopic (exact) mass is 315 g/mol. The Morgan fingerprint density at radius 2 is 2.30 bits per heavy atom. The second-order valence-corrected chi connectivity index (χ2v) is 4.54. The molecule has 0 spiro atoms. The van der Waals surface area contributed by atoms with E-state index in [-0.39, 0.29) is 24.3 Å². The second-order valence-electron chi connectivity index (χ2n) is 4.54. The van der Waals surface area contributed by atoms with Gasteiger partial charge in [-0.2, -0.15) is 5.26 Å². The third-order valence-electron chi connectivity index (χ3n) is 2.85. The molecule has 0 amide bonds. The number of para-hydroxylation sites is 1. The van der Waals surface area contributed by atoms with Crippen molar-refractivity contribution in [3.05, 3.63) is 42.1 Å². The van der Waals surface area contributed by atoms with Gasteiger partial charge in [-0.05, 0) is 19.1 Å². The third-order valence-corrected chi connectivity index (χ3v) is 2.85. The van der Waals surface area contributed by atoms with Crippen molar-refractivity contribution in [1.82, 2.24) is 5.32 Å². The van der Waals surface area contributed by atoms with Crippen LogP contribution in [0, 0.1) is 11.3 Å². The molecular weight excluding hydrogens is 298 g/mol. The number of nitrogens with zero attached hydrogens (tertiary/aromatic N) is 2. The minimum Gasteiger partial charge on any atom is -0.490 e. The summed E-state index contributed by atoms with van der Waals surface area (Å²) in [6.07, 6.45) is 0.997. The minimum absolute atomic E-state index is 0.151. The molecule has 1 aromatic carbocycles. The van der Waals surface area contributed by atoms with Crippen molar-refractivity contribution in [2.45, 2.75) is 13.0 Å². The van der Waals surface area contributed by atoms with E-state index in [1.54, 1.807) is 13.0 Å². The van der Waals surface area contributed by atoms with E-state index in [0.29, 0.717) is 13.2 Å². The first-order chi connectivity index (χ1) is 11.2. The van der Waals surface area contributed by atoms with Crippen LogP contribution in [-0.2, 0) is 14.3 Å². The van der Waals surface area contributed by atoms with Crippen LogP contribution in [0.2, 0.25) is 0 Å². The van der Waals surface area contributed by atoms with Gasteiger partial charge in [0.1, 0.15) is 18.4 Å². The van der Waals surface area contributed by atoms with Gasteiger partial charge in [0.2, 0.25) is 0 Å². The van der Waals surface area contributed by atoms with E-state index in [1.807, 2.05) is 30.3 Å². The maximum Gasteiger partial charge on any atom is 0.350 e. The molecule has 0 saturated heterocycles. The number of nitriles is 1. The summed E-state index contributed by atoms with van der Waals surface area (Å²) in [6.45, 7) is 2.66. The zero-order valence-corrected chi connectivity index (χ0v) is 12.7. The number of esters is 1. The predicted octanol–water partition coefficient (Wildman–Crippen LogP) is 1.38. The van der Waals surface area contributed by atoms with E-state index in [1.165, 1.54) is 6.20 Å². The summed E-state index contributed by atoms with van der Waals surface area (Å²) >= 11 is 0. The Bertz CT molecular complexity index is 634. The van der Waals surface area contributed by atoms with Crippen LogP contribution >= 0.6 is 0 Å². The fourth-order valence-corrected chi connectivity index (χ4v) is 1.77. The molecule has 23 heavy (non-hydrogen) atoms. The third kappa shape index (κ3) is 5.04. The summed E-state index contributed by atoms with van der Waals surface area (Å²) in [6, 6.07) is 11.4. The molecule has 1 aromatic rings. The second kappa shape index (κ2) is 8.44. The first-order valence-electron chi connectivity index (χ1n) is 7.15. The SMILES string of the molecule is CCOC(=O)/C(C#N)=C/NC1=NCC(COc2ccccc2)O1. The van der Waals surface area contributed by atoms with Gasteiger partial charge in [0.25, 0.3) is 6.02 Å². The molecule has 120 valence electrons. The molecule has 0 aliphatic carbocycles. The summed E-state index contributed by atoms with van der Waals surface area (Å²) in [5.74, 6) is 0.0662. The molecule has 1 aliphatic heterocycles. The zero-order chi connectivity index (χ0) is 16.5. The molecule has 1 unspecified atom stereocenters. The van der Waals surface area contributed by atoms with E-state index in [0.717, 1.165) is 5.75 Å². The molecule has 0 bridgehead atoms. The predicted molar refractivity (Wildman–Crippen MR) is 82.6 cm³/mol. The molecule has 0 fully saturated rings. The number of hydrogen-bond donors (Lipinski definition) is 1. The van der Waals surface area contributed by atoms with E-state index < -0.39 is 5.97 Å². The fraction of sp³-hybridized carbons (Fsp3) is 0.312. The largest absolute Gasteiger partial charge is 0.490 e. The molecule has 1 N–H and O–H groups in total. The Hall–Kier alpha value is -3.01. The quantitative estimate of drug-likeness (QED) is 0.484. The summed E-state index contributed by atoms with van der Waals surface area (Å²) in [7, 11) is 0. The standard InChI is InChI=1S/C16H17N3O4/c1-2-21-15(20)12(8-17)9-18-16-19-10-14(23-16)11-22-13-6-4-3-5-7-13/h3-7,9,14H,2,10-11H2,1H3,(H,18,19)/b12-9+. The van der Waals surface area contributed by atoms with Crippen molar-refractivity contribution >= 4 is 12.0 Å². The maximum atomic E-state index is 11.4. The molecule has 1 heterocycles. The van der Waals surface area contributed by atoms with Crippen LogP contribution in [-0.4, -0.2) is 37.9 Å². The van der Waals surface area contributed by atoms with Crippen LogP contribution < -0.4 is 10.1 Å². The molecule has 0 saturated carbocycles. The van der Waals surface area contributed by atoms with E-state index in [4.69, 9.17) is 19.5 Å². The van der Waals surface area contributed by atoms with Crippen molar-refractivity contribution in [1.29, 1.82) is 5.26 Å². The first-order valence-corrected chi connectivity index (χ1v) is 7.15. The number of carbonyl (C=O) groups excluding carboxylic acids is 1. The highest BCUT2D eigenvalue weighted by Gasteiger charge is 2.20. The summed E-state index contributed by atoms with van der Waals surface area (Å²) in [5.41, 5.74) is -0.151. The Kier molecular flexibility index (Phi) is 6.00. The lowest BCUT2D eigenvalue weighted by molar-refractivity contribution is -0.138. The molecule has 1 atom stereocenters. The van der Waals surface area contributed by atoms with Gasteiger partial charge in [-0.25, -0.2) is 9.79 Å². The lowest BCUT2D eigenvalue weighted by Gasteiger charge is -2.12. The summed E-state index contributed by atoms with van der Waals surface area (Å²) in [5, 5.41) is 11.6. The minimum atomic E-state index is -0.690. The smallest absolute Gasteiger partial charge is 0.350 e. The lowest BCUT2D eigenvalue weighted by atomic mass is 10.3. The number of ether oxygens (including phenoxy) is 3. The Morgan fingerprint density at radius 1 is 1.52 bits per heavy atom. The fourth-order valence-electron chi connectivity index (χ4n) is 1.77. The van der Waals surface area contributed by atoms with Gasteiger partial charge >= 0.3 is 5.97 Å². The summed E-state index contributed by atoms with van der Waals surface area (Å²) < 4.78 is 15.9. The van der Waals surface area contributed by atoms with Crippen LogP contribution in [0.25, 0.3) is 0 Å². The van der Waals surface area contributed by atoms with Crippen LogP contribution in [0.3, 0.4) is 0 Å². The summed E-state index contributed by atoms with van der Waals surface area (Å²) in [4.78, 5) is 15.6. The molecule has 7 nitrogen and oxygen atoms in total. The average molecular weight is 315 g/mol. The number of amidine groups is 1. The zero-order valence-electron chi connectivity index (χ0n) is 12.7. The number of carbonyl (C=O) groups is 1.